The average Bonchev–Trinajstić information content (AvgIpc) is 2.55. The standard InChI is InChI=1S/C18H19NO4/c1-12-7-9-14(15(20)11-12)19-17(21)10-8-13-5-4-6-16(22-2)18(13)23-3/h4-11,20H,1-3H3,(H,19,21)/b10-8+. The fraction of sp³-hybridized carbons (Fsp3) is 0.167. The number of phenols is 1. The van der Waals surface area contributed by atoms with Crippen LogP contribution in [0.5, 0.6) is 17.2 Å². The number of aromatic hydroxyl groups is 1. The molecule has 2 aromatic rings. The largest absolute Gasteiger partial charge is 0.506 e. The van der Waals surface area contributed by atoms with Crippen LogP contribution < -0.4 is 14.8 Å². The Morgan fingerprint density at radius 1 is 1.17 bits per heavy atom. The Morgan fingerprint density at radius 2 is 1.96 bits per heavy atom. The number of phenolic OH excluding ortho intramolecular Hbond substituents is 1. The third kappa shape index (κ3) is 4.03. The van der Waals surface area contributed by atoms with Crippen molar-refractivity contribution < 1.29 is 19.4 Å². The molecule has 5 nitrogen and oxygen atoms in total. The molecule has 0 heterocycles. The van der Waals surface area contributed by atoms with Crippen molar-refractivity contribution in [2.75, 3.05) is 19.5 Å². The molecular formula is C18H19NO4. The number of carbonyl (C=O) groups is 1. The van der Waals surface area contributed by atoms with Gasteiger partial charge in [-0.1, -0.05) is 18.2 Å². The number of para-hydroxylation sites is 1. The summed E-state index contributed by atoms with van der Waals surface area (Å²) < 4.78 is 10.5. The number of benzene rings is 2. The minimum atomic E-state index is -0.353. The van der Waals surface area contributed by atoms with E-state index in [0.29, 0.717) is 17.2 Å². The fourth-order valence-electron chi connectivity index (χ4n) is 2.13. The van der Waals surface area contributed by atoms with Crippen molar-refractivity contribution >= 4 is 17.7 Å². The van der Waals surface area contributed by atoms with Crippen LogP contribution in [0.15, 0.2) is 42.5 Å². The highest BCUT2D eigenvalue weighted by Crippen LogP contribution is 2.31. The third-order valence-electron chi connectivity index (χ3n) is 3.26. The molecule has 0 aliphatic heterocycles. The molecule has 2 rings (SSSR count). The minimum absolute atomic E-state index is 0.0331. The molecule has 1 amide bonds. The number of carbonyl (C=O) groups excluding carboxylic acids is 1. The van der Waals surface area contributed by atoms with Gasteiger partial charge in [0.25, 0.3) is 0 Å². The first-order valence-electron chi connectivity index (χ1n) is 7.05. The second-order valence-electron chi connectivity index (χ2n) is 4.93. The smallest absolute Gasteiger partial charge is 0.248 e. The van der Waals surface area contributed by atoms with Crippen LogP contribution in [-0.4, -0.2) is 25.2 Å². The van der Waals surface area contributed by atoms with Crippen molar-refractivity contribution in [3.05, 3.63) is 53.6 Å². The summed E-state index contributed by atoms with van der Waals surface area (Å²) in [6.45, 7) is 1.86. The molecule has 0 atom stereocenters. The molecule has 0 saturated carbocycles. The zero-order chi connectivity index (χ0) is 16.8. The Morgan fingerprint density at radius 3 is 2.61 bits per heavy atom. The lowest BCUT2D eigenvalue weighted by Gasteiger charge is -2.10. The summed E-state index contributed by atoms with van der Waals surface area (Å²) in [5, 5.41) is 12.4. The molecule has 0 saturated heterocycles. The second kappa shape index (κ2) is 7.35. The number of hydrogen-bond acceptors (Lipinski definition) is 4. The highest BCUT2D eigenvalue weighted by Gasteiger charge is 2.08. The van der Waals surface area contributed by atoms with E-state index in [2.05, 4.69) is 5.32 Å². The van der Waals surface area contributed by atoms with Gasteiger partial charge in [0.15, 0.2) is 11.5 Å². The van der Waals surface area contributed by atoms with Gasteiger partial charge in [0.05, 0.1) is 19.9 Å². The fourth-order valence-corrected chi connectivity index (χ4v) is 2.13. The lowest BCUT2D eigenvalue weighted by Crippen LogP contribution is -2.08. The molecule has 0 radical (unpaired) electrons. The van der Waals surface area contributed by atoms with Gasteiger partial charge in [-0.15, -0.1) is 0 Å². The van der Waals surface area contributed by atoms with Crippen LogP contribution in [0.1, 0.15) is 11.1 Å². The van der Waals surface area contributed by atoms with Crippen molar-refractivity contribution in [1.82, 2.24) is 0 Å². The van der Waals surface area contributed by atoms with Crippen LogP contribution in [-0.2, 0) is 4.79 Å². The second-order valence-corrected chi connectivity index (χ2v) is 4.93. The molecule has 0 fully saturated rings. The van der Waals surface area contributed by atoms with E-state index in [1.54, 1.807) is 38.5 Å². The molecule has 0 aliphatic carbocycles. The SMILES string of the molecule is COc1cccc(/C=C/C(=O)Nc2ccc(C)cc2O)c1OC. The third-order valence-corrected chi connectivity index (χ3v) is 3.26. The predicted octanol–water partition coefficient (Wildman–Crippen LogP) is 3.37. The lowest BCUT2D eigenvalue weighted by molar-refractivity contribution is -0.111. The van der Waals surface area contributed by atoms with Crippen molar-refractivity contribution in [2.24, 2.45) is 0 Å². The zero-order valence-corrected chi connectivity index (χ0v) is 13.3. The van der Waals surface area contributed by atoms with Crippen LogP contribution in [0.2, 0.25) is 0 Å². The number of aryl methyl sites for hydroxylation is 1. The minimum Gasteiger partial charge on any atom is -0.506 e. The summed E-state index contributed by atoms with van der Waals surface area (Å²) in [4.78, 5) is 12.0. The Balaban J connectivity index is 2.15. The predicted molar refractivity (Wildman–Crippen MR) is 90.1 cm³/mol. The van der Waals surface area contributed by atoms with Crippen LogP contribution in [0, 0.1) is 6.92 Å². The molecule has 0 aliphatic rings. The first-order valence-corrected chi connectivity index (χ1v) is 7.05. The van der Waals surface area contributed by atoms with E-state index in [-0.39, 0.29) is 11.7 Å². The van der Waals surface area contributed by atoms with Crippen LogP contribution in [0.4, 0.5) is 5.69 Å². The Kier molecular flexibility index (Phi) is 5.25. The highest BCUT2D eigenvalue weighted by molar-refractivity contribution is 6.03. The van der Waals surface area contributed by atoms with Crippen molar-refractivity contribution in [3.8, 4) is 17.2 Å². The van der Waals surface area contributed by atoms with Crippen molar-refractivity contribution in [2.45, 2.75) is 6.92 Å². The van der Waals surface area contributed by atoms with Crippen LogP contribution in [0.25, 0.3) is 6.08 Å². The van der Waals surface area contributed by atoms with Gasteiger partial charge in [-0.05, 0) is 36.8 Å². The number of ether oxygens (including phenoxy) is 2. The van der Waals surface area contributed by atoms with E-state index in [4.69, 9.17) is 9.47 Å². The quantitative estimate of drug-likeness (QED) is 0.656. The molecule has 0 bridgehead atoms. The first-order chi connectivity index (χ1) is 11.0. The van der Waals surface area contributed by atoms with Crippen LogP contribution in [0.3, 0.4) is 0 Å². The van der Waals surface area contributed by atoms with E-state index in [0.717, 1.165) is 11.1 Å². The number of amides is 1. The molecule has 0 unspecified atom stereocenters. The molecule has 120 valence electrons. The van der Waals surface area contributed by atoms with E-state index in [1.165, 1.54) is 6.08 Å². The van der Waals surface area contributed by atoms with E-state index in [1.807, 2.05) is 25.1 Å². The maximum atomic E-state index is 12.0. The maximum Gasteiger partial charge on any atom is 0.248 e. The normalized spacial score (nSPS) is 10.6. The van der Waals surface area contributed by atoms with Gasteiger partial charge in [0, 0.05) is 11.6 Å². The monoisotopic (exact) mass is 313 g/mol. The highest BCUT2D eigenvalue weighted by atomic mass is 16.5. The summed E-state index contributed by atoms with van der Waals surface area (Å²) in [6, 6.07) is 10.5. The Bertz CT molecular complexity index is 738. The first kappa shape index (κ1) is 16.4. The number of hydrogen-bond donors (Lipinski definition) is 2. The van der Waals surface area contributed by atoms with Crippen LogP contribution >= 0.6 is 0 Å². The summed E-state index contributed by atoms with van der Waals surface area (Å²) in [5.41, 5.74) is 2.00. The molecule has 5 heteroatoms. The van der Waals surface area contributed by atoms with Gasteiger partial charge in [-0.25, -0.2) is 0 Å². The van der Waals surface area contributed by atoms with Gasteiger partial charge in [0.2, 0.25) is 5.91 Å². The average molecular weight is 313 g/mol. The van der Waals surface area contributed by atoms with E-state index < -0.39 is 0 Å². The molecular weight excluding hydrogens is 294 g/mol. The maximum absolute atomic E-state index is 12.0. The number of anilines is 1. The Labute approximate surface area is 135 Å². The topological polar surface area (TPSA) is 67.8 Å². The number of nitrogens with one attached hydrogen (secondary N) is 1. The molecule has 2 N–H and O–H groups in total. The van der Waals surface area contributed by atoms with Gasteiger partial charge < -0.3 is 19.9 Å². The number of methoxy groups -OCH3 is 2. The molecule has 2 aromatic carbocycles. The van der Waals surface area contributed by atoms with Gasteiger partial charge in [-0.2, -0.15) is 0 Å². The van der Waals surface area contributed by atoms with E-state index >= 15 is 0 Å². The van der Waals surface area contributed by atoms with E-state index in [9.17, 15) is 9.90 Å². The zero-order valence-electron chi connectivity index (χ0n) is 13.3. The molecule has 0 aromatic heterocycles. The van der Waals surface area contributed by atoms with Crippen molar-refractivity contribution in [3.63, 3.8) is 0 Å². The van der Waals surface area contributed by atoms with Gasteiger partial charge in [0.1, 0.15) is 5.75 Å². The lowest BCUT2D eigenvalue weighted by atomic mass is 10.1. The summed E-state index contributed by atoms with van der Waals surface area (Å²) in [6.07, 6.45) is 3.00. The van der Waals surface area contributed by atoms with Gasteiger partial charge >= 0.3 is 0 Å². The summed E-state index contributed by atoms with van der Waals surface area (Å²) in [7, 11) is 3.10. The summed E-state index contributed by atoms with van der Waals surface area (Å²) >= 11 is 0. The molecule has 0 spiro atoms. The van der Waals surface area contributed by atoms with Crippen molar-refractivity contribution in [1.29, 1.82) is 0 Å². The van der Waals surface area contributed by atoms with Gasteiger partial charge in [-0.3, -0.25) is 4.79 Å². The Hall–Kier alpha value is -2.95. The summed E-state index contributed by atoms with van der Waals surface area (Å²) in [5.74, 6) is 0.822. The number of rotatable bonds is 5. The molecule has 23 heavy (non-hydrogen) atoms.